The largest absolute Gasteiger partial charge is 0.462 e. The summed E-state index contributed by atoms with van der Waals surface area (Å²) in [5.74, 6) is 0.373. The lowest BCUT2D eigenvalue weighted by atomic mass is 9.83. The second-order valence-electron chi connectivity index (χ2n) is 9.90. The second-order valence-corrected chi connectivity index (χ2v) is 11.0. The molecule has 0 radical (unpaired) electrons. The van der Waals surface area contributed by atoms with Crippen LogP contribution in [0.2, 0.25) is 0 Å². The van der Waals surface area contributed by atoms with Crippen molar-refractivity contribution in [2.75, 3.05) is 11.9 Å². The molecule has 0 saturated carbocycles. The van der Waals surface area contributed by atoms with E-state index in [9.17, 15) is 9.59 Å². The second kappa shape index (κ2) is 9.99. The number of amides is 1. The first-order valence-corrected chi connectivity index (χ1v) is 12.2. The van der Waals surface area contributed by atoms with Gasteiger partial charge in [-0.1, -0.05) is 58.0 Å². The molecule has 1 amide bonds. The van der Waals surface area contributed by atoms with Crippen LogP contribution in [0.5, 0.6) is 0 Å². The molecule has 168 valence electrons. The smallest absolute Gasteiger partial charge is 0.341 e. The van der Waals surface area contributed by atoms with Gasteiger partial charge in [0, 0.05) is 11.3 Å². The van der Waals surface area contributed by atoms with Crippen molar-refractivity contribution in [3.8, 4) is 0 Å². The van der Waals surface area contributed by atoms with Crippen LogP contribution in [-0.4, -0.2) is 18.5 Å². The highest BCUT2D eigenvalue weighted by Crippen LogP contribution is 2.43. The summed E-state index contributed by atoms with van der Waals surface area (Å²) >= 11 is 1.55. The van der Waals surface area contributed by atoms with Crippen LogP contribution in [0.3, 0.4) is 0 Å². The van der Waals surface area contributed by atoms with E-state index in [-0.39, 0.29) is 23.2 Å². The number of carbonyl (C=O) groups is 2. The highest BCUT2D eigenvalue weighted by Gasteiger charge is 2.31. The van der Waals surface area contributed by atoms with E-state index >= 15 is 0 Å². The molecule has 0 aliphatic heterocycles. The molecule has 1 aromatic heterocycles. The average Bonchev–Trinajstić information content (AvgIpc) is 3.03. The number of nitrogens with one attached hydrogen (secondary N) is 1. The van der Waals surface area contributed by atoms with Crippen molar-refractivity contribution in [3.05, 3.63) is 51.9 Å². The van der Waals surface area contributed by atoms with Gasteiger partial charge in [-0.25, -0.2) is 4.79 Å². The highest BCUT2D eigenvalue weighted by atomic mass is 32.1. The monoisotopic (exact) mass is 441 g/mol. The number of hydrogen-bond donors (Lipinski definition) is 1. The quantitative estimate of drug-likeness (QED) is 0.493. The van der Waals surface area contributed by atoms with E-state index in [1.165, 1.54) is 10.4 Å². The Hall–Kier alpha value is -2.14. The highest BCUT2D eigenvalue weighted by molar-refractivity contribution is 7.17. The SMILES string of the molecule is CCOC(=O)c1c(NC(=O)C[C@@H](C)CC(C)(C)C)sc2c1CC[C@@H](c1ccccc1)C2. The Morgan fingerprint density at radius 1 is 1.23 bits per heavy atom. The van der Waals surface area contributed by atoms with Gasteiger partial charge >= 0.3 is 5.97 Å². The molecule has 0 fully saturated rings. The molecule has 0 unspecified atom stereocenters. The van der Waals surface area contributed by atoms with E-state index in [1.54, 1.807) is 11.3 Å². The summed E-state index contributed by atoms with van der Waals surface area (Å²) in [6.45, 7) is 10.8. The van der Waals surface area contributed by atoms with Crippen molar-refractivity contribution in [3.63, 3.8) is 0 Å². The van der Waals surface area contributed by atoms with E-state index in [0.29, 0.717) is 29.5 Å². The van der Waals surface area contributed by atoms with Crippen molar-refractivity contribution >= 4 is 28.2 Å². The zero-order valence-electron chi connectivity index (χ0n) is 19.4. The van der Waals surface area contributed by atoms with Gasteiger partial charge in [0.05, 0.1) is 12.2 Å². The lowest BCUT2D eigenvalue weighted by Gasteiger charge is -2.23. The number of thiophene rings is 1. The number of carbonyl (C=O) groups excluding carboxylic acids is 2. The molecule has 1 heterocycles. The van der Waals surface area contributed by atoms with Gasteiger partial charge in [-0.3, -0.25) is 4.79 Å². The number of hydrogen-bond acceptors (Lipinski definition) is 4. The third-order valence-corrected chi connectivity index (χ3v) is 6.93. The molecule has 1 N–H and O–H groups in total. The van der Waals surface area contributed by atoms with Crippen LogP contribution in [0.1, 0.15) is 86.2 Å². The fourth-order valence-electron chi connectivity index (χ4n) is 4.71. The molecular formula is C26H35NO3S. The van der Waals surface area contributed by atoms with E-state index < -0.39 is 0 Å². The predicted molar refractivity (Wildman–Crippen MR) is 128 cm³/mol. The number of benzene rings is 1. The maximum atomic E-state index is 12.8. The van der Waals surface area contributed by atoms with E-state index in [4.69, 9.17) is 4.74 Å². The molecule has 0 saturated heterocycles. The summed E-state index contributed by atoms with van der Waals surface area (Å²) in [5.41, 5.74) is 3.16. The summed E-state index contributed by atoms with van der Waals surface area (Å²) in [7, 11) is 0. The van der Waals surface area contributed by atoms with Crippen LogP contribution >= 0.6 is 11.3 Å². The minimum absolute atomic E-state index is 0.0273. The molecular weight excluding hydrogens is 406 g/mol. The molecule has 1 aliphatic carbocycles. The number of fused-ring (bicyclic) bond motifs is 1. The minimum atomic E-state index is -0.323. The maximum Gasteiger partial charge on any atom is 0.341 e. The fourth-order valence-corrected chi connectivity index (χ4v) is 6.05. The Morgan fingerprint density at radius 3 is 2.58 bits per heavy atom. The van der Waals surface area contributed by atoms with Gasteiger partial charge in [0.1, 0.15) is 5.00 Å². The van der Waals surface area contributed by atoms with Crippen molar-refractivity contribution in [2.24, 2.45) is 11.3 Å². The molecule has 5 heteroatoms. The fraction of sp³-hybridized carbons (Fsp3) is 0.538. The predicted octanol–water partition coefficient (Wildman–Crippen LogP) is 6.60. The molecule has 31 heavy (non-hydrogen) atoms. The van der Waals surface area contributed by atoms with Gasteiger partial charge in [0.25, 0.3) is 0 Å². The van der Waals surface area contributed by atoms with Crippen LogP contribution in [0.15, 0.2) is 30.3 Å². The summed E-state index contributed by atoms with van der Waals surface area (Å²) in [6, 6.07) is 10.5. The van der Waals surface area contributed by atoms with E-state index in [0.717, 1.165) is 31.2 Å². The molecule has 0 spiro atoms. The number of rotatable bonds is 7. The lowest BCUT2D eigenvalue weighted by Crippen LogP contribution is -2.20. The van der Waals surface area contributed by atoms with Crippen molar-refractivity contribution in [1.29, 1.82) is 0 Å². The van der Waals surface area contributed by atoms with Crippen LogP contribution in [-0.2, 0) is 22.4 Å². The van der Waals surface area contributed by atoms with Crippen molar-refractivity contribution in [1.82, 2.24) is 0 Å². The molecule has 2 aromatic rings. The van der Waals surface area contributed by atoms with Gasteiger partial charge in [0.15, 0.2) is 0 Å². The van der Waals surface area contributed by atoms with Crippen molar-refractivity contribution in [2.45, 2.75) is 72.6 Å². The average molecular weight is 442 g/mol. The maximum absolute atomic E-state index is 12.8. The van der Waals surface area contributed by atoms with Crippen LogP contribution in [0, 0.1) is 11.3 Å². The Balaban J connectivity index is 1.81. The lowest BCUT2D eigenvalue weighted by molar-refractivity contribution is -0.117. The molecule has 1 aliphatic rings. The first-order valence-electron chi connectivity index (χ1n) is 11.3. The summed E-state index contributed by atoms with van der Waals surface area (Å²) in [5, 5.41) is 3.71. The molecule has 1 aromatic carbocycles. The van der Waals surface area contributed by atoms with E-state index in [1.807, 2.05) is 13.0 Å². The third-order valence-electron chi connectivity index (χ3n) is 5.76. The normalized spacial score (nSPS) is 17.0. The van der Waals surface area contributed by atoms with E-state index in [2.05, 4.69) is 57.3 Å². The van der Waals surface area contributed by atoms with Gasteiger partial charge in [0.2, 0.25) is 5.91 Å². The first kappa shape index (κ1) is 23.5. The Bertz CT molecular complexity index is 911. The summed E-state index contributed by atoms with van der Waals surface area (Å²) in [4.78, 5) is 26.8. The van der Waals surface area contributed by atoms with Crippen LogP contribution < -0.4 is 5.32 Å². The first-order chi connectivity index (χ1) is 14.7. The Labute approximate surface area is 190 Å². The number of ether oxygens (including phenoxy) is 1. The molecule has 4 nitrogen and oxygen atoms in total. The van der Waals surface area contributed by atoms with Gasteiger partial charge < -0.3 is 10.1 Å². The zero-order valence-corrected chi connectivity index (χ0v) is 20.2. The molecule has 2 atom stereocenters. The van der Waals surface area contributed by atoms with Crippen molar-refractivity contribution < 1.29 is 14.3 Å². The van der Waals surface area contributed by atoms with Gasteiger partial charge in [-0.05, 0) is 61.0 Å². The Kier molecular flexibility index (Phi) is 7.58. The van der Waals surface area contributed by atoms with Gasteiger partial charge in [-0.15, -0.1) is 11.3 Å². The third kappa shape index (κ3) is 6.19. The standard InChI is InChI=1S/C26H35NO3S/c1-6-30-25(29)23-20-13-12-19(18-10-8-7-9-11-18)15-21(20)31-24(23)27-22(28)14-17(2)16-26(3,4)5/h7-11,17,19H,6,12-16H2,1-5H3,(H,27,28)/t17-,19-/m1/s1. The minimum Gasteiger partial charge on any atom is -0.462 e. The zero-order chi connectivity index (χ0) is 22.6. The van der Waals surface area contributed by atoms with Gasteiger partial charge in [-0.2, -0.15) is 0 Å². The van der Waals surface area contributed by atoms with Crippen LogP contribution in [0.4, 0.5) is 5.00 Å². The van der Waals surface area contributed by atoms with Crippen LogP contribution in [0.25, 0.3) is 0 Å². The number of esters is 1. The Morgan fingerprint density at radius 2 is 1.94 bits per heavy atom. The molecule has 3 rings (SSSR count). The molecule has 0 bridgehead atoms. The summed E-state index contributed by atoms with van der Waals surface area (Å²) < 4.78 is 5.35. The number of anilines is 1. The topological polar surface area (TPSA) is 55.4 Å². The summed E-state index contributed by atoms with van der Waals surface area (Å²) in [6.07, 6.45) is 4.15.